The molecule has 4 heterocycles. The molecule has 3 fully saturated rings. The van der Waals surface area contributed by atoms with Gasteiger partial charge in [-0.2, -0.15) is 0 Å². The number of rotatable bonds is 8. The van der Waals surface area contributed by atoms with Crippen LogP contribution in [0.3, 0.4) is 0 Å². The molecular formula is C28H32F2N6O2. The zero-order valence-electron chi connectivity index (χ0n) is 21.8. The molecule has 38 heavy (non-hydrogen) atoms. The molecule has 1 amide bonds. The first-order valence-corrected chi connectivity index (χ1v) is 13.1. The number of carbonyl (C=O) groups is 1. The van der Waals surface area contributed by atoms with Gasteiger partial charge in [-0.05, 0) is 62.1 Å². The summed E-state index contributed by atoms with van der Waals surface area (Å²) in [7, 11) is 1.71. The van der Waals surface area contributed by atoms with Gasteiger partial charge in [0, 0.05) is 43.5 Å². The van der Waals surface area contributed by atoms with Crippen LogP contribution in [0.5, 0.6) is 0 Å². The number of amides is 1. The minimum atomic E-state index is -1.41. The van der Waals surface area contributed by atoms with Crippen molar-refractivity contribution in [1.82, 2.24) is 24.6 Å². The second-order valence-corrected chi connectivity index (χ2v) is 11.3. The van der Waals surface area contributed by atoms with Crippen LogP contribution in [0.4, 0.5) is 14.5 Å². The molecule has 2 aliphatic heterocycles. The number of alkyl halides is 2. The number of hydrogen-bond acceptors (Lipinski definition) is 6. The number of ether oxygens (including phenoxy) is 1. The Morgan fingerprint density at radius 1 is 1.21 bits per heavy atom. The summed E-state index contributed by atoms with van der Waals surface area (Å²) in [6, 6.07) is 11.1. The minimum absolute atomic E-state index is 0.0187. The van der Waals surface area contributed by atoms with Crippen LogP contribution in [0.1, 0.15) is 78.0 Å². The van der Waals surface area contributed by atoms with E-state index in [4.69, 9.17) is 4.74 Å². The molecule has 1 N–H and O–H groups in total. The van der Waals surface area contributed by atoms with Gasteiger partial charge in [-0.3, -0.25) is 9.69 Å². The number of pyridine rings is 1. The van der Waals surface area contributed by atoms with E-state index in [9.17, 15) is 9.18 Å². The number of carbonyl (C=O) groups excluding carboxylic acids is 1. The van der Waals surface area contributed by atoms with Crippen LogP contribution in [-0.4, -0.2) is 62.5 Å². The molecule has 0 radical (unpaired) electrons. The number of nitrogens with one attached hydrogen (secondary N) is 1. The summed E-state index contributed by atoms with van der Waals surface area (Å²) < 4.78 is 36.9. The fourth-order valence-corrected chi connectivity index (χ4v) is 5.46. The van der Waals surface area contributed by atoms with E-state index in [0.29, 0.717) is 30.4 Å². The van der Waals surface area contributed by atoms with Crippen molar-refractivity contribution in [2.75, 3.05) is 31.6 Å². The largest absolute Gasteiger partial charge is 0.379 e. The first kappa shape index (κ1) is 25.1. The van der Waals surface area contributed by atoms with Crippen LogP contribution < -0.4 is 5.32 Å². The highest BCUT2D eigenvalue weighted by molar-refractivity contribution is 6.03. The van der Waals surface area contributed by atoms with Crippen molar-refractivity contribution in [2.45, 2.75) is 55.9 Å². The Hall–Kier alpha value is -3.24. The van der Waals surface area contributed by atoms with Crippen molar-refractivity contribution in [3.63, 3.8) is 0 Å². The normalized spacial score (nSPS) is 21.7. The number of benzene rings is 1. The van der Waals surface area contributed by atoms with E-state index < -0.39 is 17.3 Å². The van der Waals surface area contributed by atoms with Crippen molar-refractivity contribution < 1.29 is 18.3 Å². The monoisotopic (exact) mass is 522 g/mol. The lowest BCUT2D eigenvalue weighted by Gasteiger charge is -2.46. The third kappa shape index (κ3) is 4.49. The van der Waals surface area contributed by atoms with Crippen molar-refractivity contribution in [1.29, 1.82) is 0 Å². The average molecular weight is 523 g/mol. The Kier molecular flexibility index (Phi) is 6.07. The predicted molar refractivity (Wildman–Crippen MR) is 137 cm³/mol. The van der Waals surface area contributed by atoms with Crippen LogP contribution in [0.25, 0.3) is 0 Å². The summed E-state index contributed by atoms with van der Waals surface area (Å²) in [5.41, 5.74) is 1.40. The molecule has 0 spiro atoms. The Bertz CT molecular complexity index is 1360. The van der Waals surface area contributed by atoms with Gasteiger partial charge in [0.15, 0.2) is 12.0 Å². The summed E-state index contributed by atoms with van der Waals surface area (Å²) in [6.07, 6.45) is 2.17. The lowest BCUT2D eigenvalue weighted by atomic mass is 9.74. The Morgan fingerprint density at radius 3 is 2.58 bits per heavy atom. The van der Waals surface area contributed by atoms with Gasteiger partial charge in [0.1, 0.15) is 17.7 Å². The number of anilines is 1. The van der Waals surface area contributed by atoms with Gasteiger partial charge >= 0.3 is 0 Å². The Labute approximate surface area is 220 Å². The van der Waals surface area contributed by atoms with E-state index in [1.165, 1.54) is 6.33 Å². The summed E-state index contributed by atoms with van der Waals surface area (Å²) in [4.78, 5) is 20.1. The molecule has 1 aromatic carbocycles. The quantitative estimate of drug-likeness (QED) is 0.471. The number of nitrogens with zero attached hydrogens (tertiary/aromatic N) is 5. The van der Waals surface area contributed by atoms with E-state index in [2.05, 4.69) is 31.5 Å². The maximum Gasteiger partial charge on any atom is 0.274 e. The molecule has 6 rings (SSSR count). The minimum Gasteiger partial charge on any atom is -0.379 e. The van der Waals surface area contributed by atoms with Crippen molar-refractivity contribution in [2.24, 2.45) is 7.05 Å². The lowest BCUT2D eigenvalue weighted by molar-refractivity contribution is -0.102. The highest BCUT2D eigenvalue weighted by atomic mass is 19.1. The standard InChI is InChI=1S/C28H32F2N6O2/c1-17(36-12-27(2,30)13-36)19-9-22(18-7-8-18)33-23(10-19)26(37)32-21-6-4-5-20(11-21)28(14-38-15-28)24(29)25-34-31-16-35(25)3/h4-6,9-11,16-18,24H,7-8,12-15H2,1-3H3,(H,32,37). The van der Waals surface area contributed by atoms with Crippen LogP contribution in [0, 0.1) is 0 Å². The van der Waals surface area contributed by atoms with Crippen LogP contribution in [0.15, 0.2) is 42.7 Å². The molecule has 0 bridgehead atoms. The third-order valence-electron chi connectivity index (χ3n) is 8.06. The van der Waals surface area contributed by atoms with E-state index in [1.807, 2.05) is 13.0 Å². The van der Waals surface area contributed by atoms with Crippen LogP contribution >= 0.6 is 0 Å². The molecule has 3 aromatic rings. The Morgan fingerprint density at radius 2 is 1.97 bits per heavy atom. The lowest BCUT2D eigenvalue weighted by Crippen LogP contribution is -2.57. The highest BCUT2D eigenvalue weighted by Crippen LogP contribution is 2.46. The fraction of sp³-hybridized carbons (Fsp3) is 0.500. The van der Waals surface area contributed by atoms with E-state index in [0.717, 1.165) is 29.7 Å². The zero-order chi connectivity index (χ0) is 26.7. The molecule has 2 unspecified atom stereocenters. The topological polar surface area (TPSA) is 85.2 Å². The third-order valence-corrected chi connectivity index (χ3v) is 8.06. The van der Waals surface area contributed by atoms with Gasteiger partial charge in [-0.15, -0.1) is 10.2 Å². The number of likely N-dealkylation sites (tertiary alicyclic amines) is 1. The first-order chi connectivity index (χ1) is 18.1. The highest BCUT2D eigenvalue weighted by Gasteiger charge is 2.50. The van der Waals surface area contributed by atoms with Gasteiger partial charge in [0.05, 0.1) is 18.6 Å². The Balaban J connectivity index is 1.24. The number of aryl methyl sites for hydroxylation is 1. The van der Waals surface area contributed by atoms with Gasteiger partial charge < -0.3 is 14.6 Å². The molecule has 2 atom stereocenters. The van der Waals surface area contributed by atoms with Crippen molar-refractivity contribution >= 4 is 11.6 Å². The molecule has 1 aliphatic carbocycles. The fourth-order valence-electron chi connectivity index (χ4n) is 5.46. The maximum atomic E-state index is 15.7. The van der Waals surface area contributed by atoms with E-state index in [1.54, 1.807) is 42.8 Å². The smallest absolute Gasteiger partial charge is 0.274 e. The van der Waals surface area contributed by atoms with Crippen molar-refractivity contribution in [3.05, 3.63) is 71.1 Å². The zero-order valence-corrected chi connectivity index (χ0v) is 21.8. The number of aromatic nitrogens is 4. The molecule has 1 saturated carbocycles. The number of halogens is 2. The van der Waals surface area contributed by atoms with Crippen molar-refractivity contribution in [3.8, 4) is 0 Å². The first-order valence-electron chi connectivity index (χ1n) is 13.1. The molecule has 3 aliphatic rings. The molecule has 200 valence electrons. The van der Waals surface area contributed by atoms with Gasteiger partial charge in [0.25, 0.3) is 5.91 Å². The SMILES string of the molecule is CC(c1cc(C(=O)Nc2cccc(C3(C(F)c4nncn4C)COC3)c2)nc(C2CC2)c1)N1CC(C)(F)C1. The molecule has 2 aromatic heterocycles. The summed E-state index contributed by atoms with van der Waals surface area (Å²) in [5, 5.41) is 10.7. The molecule has 8 nitrogen and oxygen atoms in total. The van der Waals surface area contributed by atoms with Gasteiger partial charge in [-0.25, -0.2) is 13.8 Å². The summed E-state index contributed by atoms with van der Waals surface area (Å²) >= 11 is 0. The maximum absolute atomic E-state index is 15.7. The molecular weight excluding hydrogens is 490 g/mol. The van der Waals surface area contributed by atoms with Gasteiger partial charge in [0.2, 0.25) is 0 Å². The molecule has 10 heteroatoms. The summed E-state index contributed by atoms with van der Waals surface area (Å²) in [6.45, 7) is 4.82. The second kappa shape index (κ2) is 9.20. The van der Waals surface area contributed by atoms with Crippen LogP contribution in [-0.2, 0) is 17.2 Å². The predicted octanol–water partition coefficient (Wildman–Crippen LogP) is 4.42. The average Bonchev–Trinajstić information content (AvgIpc) is 3.61. The van der Waals surface area contributed by atoms with Gasteiger partial charge in [-0.1, -0.05) is 12.1 Å². The van der Waals surface area contributed by atoms with E-state index >= 15 is 4.39 Å². The number of hydrogen-bond donors (Lipinski definition) is 1. The summed E-state index contributed by atoms with van der Waals surface area (Å²) in [5.74, 6) is 0.266. The van der Waals surface area contributed by atoms with E-state index in [-0.39, 0.29) is 31.0 Å². The molecule has 2 saturated heterocycles. The second-order valence-electron chi connectivity index (χ2n) is 11.3. The van der Waals surface area contributed by atoms with Crippen LogP contribution in [0.2, 0.25) is 0 Å².